The lowest BCUT2D eigenvalue weighted by Gasteiger charge is -2.34. The fourth-order valence-electron chi connectivity index (χ4n) is 3.05. The lowest BCUT2D eigenvalue weighted by molar-refractivity contribution is -0.130. The number of hydrogen-bond acceptors (Lipinski definition) is 6. The summed E-state index contributed by atoms with van der Waals surface area (Å²) in [4.78, 5) is 31.8. The summed E-state index contributed by atoms with van der Waals surface area (Å²) in [5.74, 6) is 2.22. The van der Waals surface area contributed by atoms with Gasteiger partial charge in [0.05, 0.1) is 19.2 Å². The molecule has 8 heteroatoms. The number of anilines is 1. The number of rotatable bonds is 7. The van der Waals surface area contributed by atoms with E-state index in [-0.39, 0.29) is 11.8 Å². The molecule has 0 atom stereocenters. The van der Waals surface area contributed by atoms with Crippen molar-refractivity contribution in [1.82, 2.24) is 14.8 Å². The van der Waals surface area contributed by atoms with Gasteiger partial charge in [-0.3, -0.25) is 9.59 Å². The van der Waals surface area contributed by atoms with Crippen molar-refractivity contribution in [3.05, 3.63) is 48.2 Å². The third-order valence-corrected chi connectivity index (χ3v) is 4.76. The maximum atomic E-state index is 12.6. The quantitative estimate of drug-likeness (QED) is 0.717. The summed E-state index contributed by atoms with van der Waals surface area (Å²) in [6.45, 7) is 4.84. The second kappa shape index (κ2) is 9.77. The second-order valence-electron chi connectivity index (χ2n) is 6.68. The molecule has 0 radical (unpaired) electrons. The van der Waals surface area contributed by atoms with E-state index in [1.165, 1.54) is 0 Å². The number of hydrogen-bond donors (Lipinski definition) is 1. The van der Waals surface area contributed by atoms with E-state index in [1.807, 2.05) is 24.3 Å². The van der Waals surface area contributed by atoms with Crippen molar-refractivity contribution in [3.8, 4) is 11.5 Å². The van der Waals surface area contributed by atoms with E-state index in [1.54, 1.807) is 42.2 Å². The molecule has 2 amide bonds. The Bertz CT molecular complexity index is 816. The molecule has 1 fully saturated rings. The summed E-state index contributed by atoms with van der Waals surface area (Å²) in [6.07, 6.45) is 1.58. The molecule has 1 saturated heterocycles. The molecule has 8 nitrogen and oxygen atoms in total. The Morgan fingerprint density at radius 1 is 1.00 bits per heavy atom. The minimum atomic E-state index is -0.0601. The highest BCUT2D eigenvalue weighted by molar-refractivity contribution is 5.94. The normalized spacial score (nSPS) is 13.7. The SMILES string of the molecule is COc1ccc(OCCNc2ccc(C(=O)N3CCN(C(C)=O)CC3)cn2)cc1. The maximum Gasteiger partial charge on any atom is 0.255 e. The molecular formula is C21H26N4O4. The van der Waals surface area contributed by atoms with E-state index in [0.717, 1.165) is 11.5 Å². The summed E-state index contributed by atoms with van der Waals surface area (Å²) in [5.41, 5.74) is 0.543. The number of carbonyl (C=O) groups excluding carboxylic acids is 2. The standard InChI is InChI=1S/C21H26N4O4/c1-16(26)24-10-12-25(13-11-24)21(27)17-3-8-20(23-15-17)22-9-14-29-19-6-4-18(28-2)5-7-19/h3-8,15H,9-14H2,1-2H3,(H,22,23). The zero-order chi connectivity index (χ0) is 20.6. The Morgan fingerprint density at radius 2 is 1.66 bits per heavy atom. The number of carbonyl (C=O) groups is 2. The summed E-state index contributed by atoms with van der Waals surface area (Å²) >= 11 is 0. The van der Waals surface area contributed by atoms with Gasteiger partial charge in [-0.1, -0.05) is 0 Å². The van der Waals surface area contributed by atoms with Crippen LogP contribution in [0.1, 0.15) is 17.3 Å². The van der Waals surface area contributed by atoms with E-state index < -0.39 is 0 Å². The van der Waals surface area contributed by atoms with Crippen LogP contribution in [0.4, 0.5) is 5.82 Å². The lowest BCUT2D eigenvalue weighted by Crippen LogP contribution is -2.50. The smallest absolute Gasteiger partial charge is 0.255 e. The molecule has 1 aliphatic heterocycles. The Morgan fingerprint density at radius 3 is 2.24 bits per heavy atom. The van der Waals surface area contributed by atoms with Crippen LogP contribution in [0.15, 0.2) is 42.6 Å². The van der Waals surface area contributed by atoms with Crippen LogP contribution in [0, 0.1) is 0 Å². The van der Waals surface area contributed by atoms with E-state index in [9.17, 15) is 9.59 Å². The van der Waals surface area contributed by atoms with Gasteiger partial charge in [-0.15, -0.1) is 0 Å². The predicted octanol–water partition coefficient (Wildman–Crippen LogP) is 1.89. The molecule has 1 aliphatic rings. The van der Waals surface area contributed by atoms with Crippen molar-refractivity contribution >= 4 is 17.6 Å². The summed E-state index contributed by atoms with van der Waals surface area (Å²) < 4.78 is 10.8. The number of nitrogens with zero attached hydrogens (tertiary/aromatic N) is 3. The van der Waals surface area contributed by atoms with E-state index in [2.05, 4.69) is 10.3 Å². The third-order valence-electron chi connectivity index (χ3n) is 4.76. The minimum absolute atomic E-state index is 0.0464. The number of ether oxygens (including phenoxy) is 2. The van der Waals surface area contributed by atoms with Gasteiger partial charge in [0.15, 0.2) is 0 Å². The monoisotopic (exact) mass is 398 g/mol. The van der Waals surface area contributed by atoms with Gasteiger partial charge in [-0.2, -0.15) is 0 Å². The van der Waals surface area contributed by atoms with Crippen molar-refractivity contribution < 1.29 is 19.1 Å². The Kier molecular flexibility index (Phi) is 6.89. The molecule has 29 heavy (non-hydrogen) atoms. The molecule has 2 aromatic rings. The van der Waals surface area contributed by atoms with Crippen molar-refractivity contribution in [2.45, 2.75) is 6.92 Å². The number of methoxy groups -OCH3 is 1. The van der Waals surface area contributed by atoms with Gasteiger partial charge in [0.1, 0.15) is 23.9 Å². The number of piperazine rings is 1. The van der Waals surface area contributed by atoms with Gasteiger partial charge in [0.25, 0.3) is 5.91 Å². The minimum Gasteiger partial charge on any atom is -0.497 e. The fraction of sp³-hybridized carbons (Fsp3) is 0.381. The first-order valence-electron chi connectivity index (χ1n) is 9.58. The molecule has 1 aromatic carbocycles. The molecule has 0 aliphatic carbocycles. The molecule has 0 bridgehead atoms. The first-order chi connectivity index (χ1) is 14.1. The van der Waals surface area contributed by atoms with Crippen LogP contribution in [0.3, 0.4) is 0 Å². The molecule has 154 valence electrons. The lowest BCUT2D eigenvalue weighted by atomic mass is 10.2. The molecule has 1 aromatic heterocycles. The molecule has 3 rings (SSSR count). The molecular weight excluding hydrogens is 372 g/mol. The van der Waals surface area contributed by atoms with Gasteiger partial charge in [-0.05, 0) is 36.4 Å². The Labute approximate surface area is 170 Å². The van der Waals surface area contributed by atoms with Crippen LogP contribution in [0.2, 0.25) is 0 Å². The molecule has 0 saturated carbocycles. The van der Waals surface area contributed by atoms with Crippen LogP contribution < -0.4 is 14.8 Å². The second-order valence-corrected chi connectivity index (χ2v) is 6.68. The highest BCUT2D eigenvalue weighted by Crippen LogP contribution is 2.17. The molecule has 0 spiro atoms. The number of amides is 2. The average Bonchev–Trinajstić information content (AvgIpc) is 2.77. The van der Waals surface area contributed by atoms with E-state index >= 15 is 0 Å². The van der Waals surface area contributed by atoms with Gasteiger partial charge in [0.2, 0.25) is 5.91 Å². The predicted molar refractivity (Wildman–Crippen MR) is 109 cm³/mol. The van der Waals surface area contributed by atoms with E-state index in [0.29, 0.717) is 50.7 Å². The average molecular weight is 398 g/mol. The maximum absolute atomic E-state index is 12.6. The summed E-state index contributed by atoms with van der Waals surface area (Å²) in [5, 5.41) is 3.17. The summed E-state index contributed by atoms with van der Waals surface area (Å²) in [7, 11) is 1.63. The van der Waals surface area contributed by atoms with Crippen molar-refractivity contribution in [2.75, 3.05) is 51.8 Å². The number of benzene rings is 1. The van der Waals surface area contributed by atoms with Crippen LogP contribution in [-0.4, -0.2) is 73.0 Å². The molecule has 0 unspecified atom stereocenters. The first-order valence-corrected chi connectivity index (χ1v) is 9.58. The molecule has 2 heterocycles. The first kappa shape index (κ1) is 20.4. The zero-order valence-electron chi connectivity index (χ0n) is 16.8. The largest absolute Gasteiger partial charge is 0.497 e. The van der Waals surface area contributed by atoms with Crippen LogP contribution in [0.5, 0.6) is 11.5 Å². The molecule has 1 N–H and O–H groups in total. The Balaban J connectivity index is 1.42. The number of nitrogens with one attached hydrogen (secondary N) is 1. The van der Waals surface area contributed by atoms with Gasteiger partial charge >= 0.3 is 0 Å². The van der Waals surface area contributed by atoms with Crippen LogP contribution >= 0.6 is 0 Å². The highest BCUT2D eigenvalue weighted by Gasteiger charge is 2.23. The van der Waals surface area contributed by atoms with Crippen molar-refractivity contribution in [1.29, 1.82) is 0 Å². The highest BCUT2D eigenvalue weighted by atomic mass is 16.5. The fourth-order valence-corrected chi connectivity index (χ4v) is 3.05. The third kappa shape index (κ3) is 5.60. The van der Waals surface area contributed by atoms with Gasteiger partial charge in [-0.25, -0.2) is 4.98 Å². The van der Waals surface area contributed by atoms with Crippen molar-refractivity contribution in [2.24, 2.45) is 0 Å². The van der Waals surface area contributed by atoms with E-state index in [4.69, 9.17) is 9.47 Å². The van der Waals surface area contributed by atoms with Gasteiger partial charge in [0, 0.05) is 39.3 Å². The topological polar surface area (TPSA) is 84.0 Å². The van der Waals surface area contributed by atoms with Crippen LogP contribution in [-0.2, 0) is 4.79 Å². The van der Waals surface area contributed by atoms with Gasteiger partial charge < -0.3 is 24.6 Å². The summed E-state index contributed by atoms with van der Waals surface area (Å²) in [6, 6.07) is 11.0. The number of pyridine rings is 1. The van der Waals surface area contributed by atoms with Crippen molar-refractivity contribution in [3.63, 3.8) is 0 Å². The van der Waals surface area contributed by atoms with Crippen LogP contribution in [0.25, 0.3) is 0 Å². The zero-order valence-corrected chi connectivity index (χ0v) is 16.8. The number of aromatic nitrogens is 1. The Hall–Kier alpha value is -3.29.